The maximum Gasteiger partial charge on any atom is 0.410 e. The van der Waals surface area contributed by atoms with Crippen molar-refractivity contribution < 1.29 is 28.6 Å². The van der Waals surface area contributed by atoms with Crippen LogP contribution in [0.4, 0.5) is 4.79 Å². The number of esters is 1. The molecule has 0 aliphatic carbocycles. The third-order valence-electron chi connectivity index (χ3n) is 6.96. The second kappa shape index (κ2) is 12.0. The van der Waals surface area contributed by atoms with Crippen LogP contribution in [-0.4, -0.2) is 66.4 Å². The van der Waals surface area contributed by atoms with E-state index in [1.807, 2.05) is 57.2 Å². The molecule has 1 aliphatic heterocycles. The largest absolute Gasteiger partial charge is 0.460 e. The number of carbonyl (C=O) groups is 2. The highest BCUT2D eigenvalue weighted by atomic mass is 28.4. The molecule has 2 aromatic carbocycles. The molecule has 1 amide bonds. The molecule has 3 atom stereocenters. The van der Waals surface area contributed by atoms with E-state index in [9.17, 15) is 14.7 Å². The van der Waals surface area contributed by atoms with Gasteiger partial charge in [-0.1, -0.05) is 81.4 Å². The topological polar surface area (TPSA) is 85.3 Å². The van der Waals surface area contributed by atoms with Crippen molar-refractivity contribution in [1.29, 1.82) is 0 Å². The number of amides is 1. The van der Waals surface area contributed by atoms with E-state index in [2.05, 4.69) is 45.0 Å². The van der Waals surface area contributed by atoms with E-state index in [0.717, 1.165) is 10.4 Å². The molecular weight excluding hydrogens is 522 g/mol. The van der Waals surface area contributed by atoms with Crippen LogP contribution in [-0.2, 0) is 18.7 Å². The van der Waals surface area contributed by atoms with Gasteiger partial charge in [-0.2, -0.15) is 0 Å². The zero-order valence-electron chi connectivity index (χ0n) is 25.6. The Labute approximate surface area is 241 Å². The van der Waals surface area contributed by atoms with Gasteiger partial charge in [0.1, 0.15) is 11.2 Å². The molecule has 40 heavy (non-hydrogen) atoms. The van der Waals surface area contributed by atoms with Crippen LogP contribution in [0.5, 0.6) is 0 Å². The summed E-state index contributed by atoms with van der Waals surface area (Å²) in [7, 11) is -3.00. The number of likely N-dealkylation sites (tertiary alicyclic amines) is 1. The molecule has 220 valence electrons. The number of hydrogen-bond donors (Lipinski definition) is 1. The summed E-state index contributed by atoms with van der Waals surface area (Å²) in [5.41, 5.74) is -1.41. The molecule has 0 radical (unpaired) electrons. The Kier molecular flexibility index (Phi) is 9.59. The molecule has 1 saturated heterocycles. The van der Waals surface area contributed by atoms with E-state index in [1.54, 1.807) is 20.8 Å². The lowest BCUT2D eigenvalue weighted by Crippen LogP contribution is -2.69. The molecule has 1 heterocycles. The molecule has 3 rings (SSSR count). The maximum atomic E-state index is 13.4. The van der Waals surface area contributed by atoms with Gasteiger partial charge in [-0.25, -0.2) is 4.79 Å². The van der Waals surface area contributed by atoms with E-state index in [4.69, 9.17) is 13.9 Å². The summed E-state index contributed by atoms with van der Waals surface area (Å²) in [5, 5.41) is 13.4. The predicted molar refractivity (Wildman–Crippen MR) is 160 cm³/mol. The van der Waals surface area contributed by atoms with Crippen molar-refractivity contribution >= 4 is 30.8 Å². The minimum atomic E-state index is -3.00. The van der Waals surface area contributed by atoms with Crippen LogP contribution in [0.1, 0.15) is 75.2 Å². The summed E-state index contributed by atoms with van der Waals surface area (Å²) >= 11 is 0. The van der Waals surface area contributed by atoms with Gasteiger partial charge in [0.15, 0.2) is 0 Å². The summed E-state index contributed by atoms with van der Waals surface area (Å²) in [6.07, 6.45) is -2.03. The number of ether oxygens (including phenoxy) is 2. The number of nitrogens with zero attached hydrogens (tertiary/aromatic N) is 1. The third kappa shape index (κ3) is 7.53. The van der Waals surface area contributed by atoms with Gasteiger partial charge >= 0.3 is 12.1 Å². The first-order valence-electron chi connectivity index (χ1n) is 14.1. The van der Waals surface area contributed by atoms with Crippen LogP contribution in [0, 0.1) is 0 Å². The number of rotatable bonds is 7. The molecule has 8 heteroatoms. The van der Waals surface area contributed by atoms with Gasteiger partial charge in [0.25, 0.3) is 8.32 Å². The molecule has 1 aliphatic rings. The van der Waals surface area contributed by atoms with Gasteiger partial charge < -0.3 is 19.0 Å². The van der Waals surface area contributed by atoms with Gasteiger partial charge in [0.2, 0.25) is 0 Å². The fourth-order valence-electron chi connectivity index (χ4n) is 5.50. The Morgan fingerprint density at radius 2 is 1.32 bits per heavy atom. The zero-order valence-corrected chi connectivity index (χ0v) is 26.6. The van der Waals surface area contributed by atoms with Crippen LogP contribution in [0.2, 0.25) is 5.04 Å². The normalized spacial score (nSPS) is 19.3. The summed E-state index contributed by atoms with van der Waals surface area (Å²) < 4.78 is 18.6. The minimum absolute atomic E-state index is 0.262. The van der Waals surface area contributed by atoms with Crippen LogP contribution in [0.3, 0.4) is 0 Å². The fraction of sp³-hybridized carbons (Fsp3) is 0.562. The first-order chi connectivity index (χ1) is 18.4. The van der Waals surface area contributed by atoms with Gasteiger partial charge in [0, 0.05) is 6.54 Å². The SMILES string of the molecule is CC(C)(C)OC(=O)C[C@@H](O)[C@H]1[C@@H](O[Si](c2ccccc2)(c2ccccc2)C(C)(C)C)CCN1C(=O)OC(C)(C)C. The first kappa shape index (κ1) is 31.8. The number of aliphatic hydroxyl groups excluding tert-OH is 1. The highest BCUT2D eigenvalue weighted by Crippen LogP contribution is 2.40. The number of hydrogen-bond acceptors (Lipinski definition) is 6. The fourth-order valence-corrected chi connectivity index (χ4v) is 10.2. The van der Waals surface area contributed by atoms with Crippen molar-refractivity contribution in [2.75, 3.05) is 6.54 Å². The van der Waals surface area contributed by atoms with E-state index in [1.165, 1.54) is 4.90 Å². The molecular formula is C32H47NO6Si. The maximum absolute atomic E-state index is 13.4. The molecule has 0 spiro atoms. The second-order valence-corrected chi connectivity index (χ2v) is 17.9. The van der Waals surface area contributed by atoms with E-state index < -0.39 is 49.8 Å². The van der Waals surface area contributed by atoms with Crippen LogP contribution in [0.25, 0.3) is 0 Å². The van der Waals surface area contributed by atoms with E-state index in [-0.39, 0.29) is 11.5 Å². The van der Waals surface area contributed by atoms with Crippen molar-refractivity contribution in [2.45, 2.75) is 110 Å². The average Bonchev–Trinajstić information content (AvgIpc) is 3.24. The Bertz CT molecular complexity index is 1090. The monoisotopic (exact) mass is 569 g/mol. The van der Waals surface area contributed by atoms with Crippen LogP contribution >= 0.6 is 0 Å². The summed E-state index contributed by atoms with van der Waals surface area (Å²) in [6.45, 7) is 17.7. The number of benzene rings is 2. The lowest BCUT2D eigenvalue weighted by Gasteiger charge is -2.46. The molecule has 7 nitrogen and oxygen atoms in total. The first-order valence-corrected chi connectivity index (χ1v) is 16.0. The van der Waals surface area contributed by atoms with Gasteiger partial charge in [-0.3, -0.25) is 9.69 Å². The van der Waals surface area contributed by atoms with Crippen molar-refractivity contribution in [3.8, 4) is 0 Å². The quantitative estimate of drug-likeness (QED) is 0.372. The summed E-state index contributed by atoms with van der Waals surface area (Å²) in [6, 6.07) is 19.7. The zero-order chi connectivity index (χ0) is 29.9. The average molecular weight is 570 g/mol. The summed E-state index contributed by atoms with van der Waals surface area (Å²) in [5.74, 6) is -0.528. The highest BCUT2D eigenvalue weighted by Gasteiger charge is 2.55. The Balaban J connectivity index is 2.09. The Morgan fingerprint density at radius 1 is 0.850 bits per heavy atom. The molecule has 1 fully saturated rings. The lowest BCUT2D eigenvalue weighted by atomic mass is 10.0. The number of aliphatic hydroxyl groups is 1. The van der Waals surface area contributed by atoms with Crippen LogP contribution < -0.4 is 10.4 Å². The van der Waals surface area contributed by atoms with E-state index in [0.29, 0.717) is 13.0 Å². The highest BCUT2D eigenvalue weighted by molar-refractivity contribution is 6.99. The molecule has 2 aromatic rings. The lowest BCUT2D eigenvalue weighted by molar-refractivity contribution is -0.158. The standard InChI is InChI=1S/C32H47NO6Si/c1-30(2,3)37-27(35)22-25(34)28-26(20-21-33(28)29(36)38-31(4,5)6)39-40(32(7,8)9,23-16-12-10-13-17-23)24-18-14-11-15-19-24/h10-19,25-26,28,34H,20-22H2,1-9H3/t25-,26+,28+/m1/s1. The second-order valence-electron chi connectivity index (χ2n) is 13.6. The van der Waals surface area contributed by atoms with Crippen molar-refractivity contribution in [1.82, 2.24) is 4.90 Å². The Morgan fingerprint density at radius 3 is 1.75 bits per heavy atom. The van der Waals surface area contributed by atoms with Crippen molar-refractivity contribution in [3.63, 3.8) is 0 Å². The molecule has 0 saturated carbocycles. The van der Waals surface area contributed by atoms with Crippen molar-refractivity contribution in [2.24, 2.45) is 0 Å². The predicted octanol–water partition coefficient (Wildman–Crippen LogP) is 5.03. The third-order valence-corrected chi connectivity index (χ3v) is 12.0. The Hall–Kier alpha value is -2.68. The van der Waals surface area contributed by atoms with Crippen LogP contribution in [0.15, 0.2) is 60.7 Å². The minimum Gasteiger partial charge on any atom is -0.460 e. The van der Waals surface area contributed by atoms with E-state index >= 15 is 0 Å². The van der Waals surface area contributed by atoms with Gasteiger partial charge in [-0.15, -0.1) is 0 Å². The van der Waals surface area contributed by atoms with Gasteiger partial charge in [0.05, 0.1) is 24.7 Å². The smallest absolute Gasteiger partial charge is 0.410 e. The molecule has 0 unspecified atom stereocenters. The molecule has 0 aromatic heterocycles. The molecule has 1 N–H and O–H groups in total. The number of carbonyl (C=O) groups excluding carboxylic acids is 2. The molecule has 0 bridgehead atoms. The summed E-state index contributed by atoms with van der Waals surface area (Å²) in [4.78, 5) is 27.7. The van der Waals surface area contributed by atoms with Gasteiger partial charge in [-0.05, 0) is 63.4 Å². The van der Waals surface area contributed by atoms with Crippen molar-refractivity contribution in [3.05, 3.63) is 60.7 Å².